The molecule has 180 valence electrons. The minimum Gasteiger partial charge on any atom is -0.480 e. The second-order valence-corrected chi connectivity index (χ2v) is 10.1. The molecule has 0 atom stereocenters. The zero-order valence-corrected chi connectivity index (χ0v) is 20.7. The molecule has 3 aromatic rings. The molecule has 34 heavy (non-hydrogen) atoms. The Hall–Kier alpha value is -2.57. The van der Waals surface area contributed by atoms with E-state index in [4.69, 9.17) is 14.9 Å². The van der Waals surface area contributed by atoms with Crippen LogP contribution < -0.4 is 0 Å². The van der Waals surface area contributed by atoms with Crippen LogP contribution in [0.4, 0.5) is 0 Å². The van der Waals surface area contributed by atoms with E-state index < -0.39 is 5.97 Å². The fourth-order valence-corrected chi connectivity index (χ4v) is 5.34. The number of thioether (sulfide) groups is 1. The summed E-state index contributed by atoms with van der Waals surface area (Å²) in [6, 6.07) is 21.2. The number of carboxylic acids is 1. The number of aromatic nitrogens is 2. The molecule has 2 aromatic carbocycles. The van der Waals surface area contributed by atoms with Gasteiger partial charge in [-0.15, -0.1) is 0 Å². The predicted molar refractivity (Wildman–Crippen MR) is 139 cm³/mol. The molecule has 5 nitrogen and oxygen atoms in total. The Morgan fingerprint density at radius 2 is 1.62 bits per heavy atom. The molecule has 6 heteroatoms. The van der Waals surface area contributed by atoms with Crippen LogP contribution in [0, 0.1) is 11.8 Å². The molecule has 0 unspecified atom stereocenters. The SMILES string of the molecule is CSCCc1c(-c2ccccc2)c(-c2ccccc2)nn1C[C@H]1CC[C@@H](COCC(=O)O)CC1. The first-order valence-corrected chi connectivity index (χ1v) is 13.5. The molecule has 1 fully saturated rings. The second-order valence-electron chi connectivity index (χ2n) is 9.12. The molecular formula is C28H34N2O3S. The summed E-state index contributed by atoms with van der Waals surface area (Å²) in [5, 5.41) is 14.0. The molecule has 0 spiro atoms. The molecule has 1 N–H and O–H groups in total. The van der Waals surface area contributed by atoms with Crippen LogP contribution in [0.1, 0.15) is 31.4 Å². The van der Waals surface area contributed by atoms with Crippen molar-refractivity contribution in [3.63, 3.8) is 0 Å². The van der Waals surface area contributed by atoms with Gasteiger partial charge in [0.1, 0.15) is 12.3 Å². The van der Waals surface area contributed by atoms with Crippen LogP contribution in [0.25, 0.3) is 22.4 Å². The maximum absolute atomic E-state index is 10.7. The minimum absolute atomic E-state index is 0.198. The summed E-state index contributed by atoms with van der Waals surface area (Å²) in [5.41, 5.74) is 6.04. The van der Waals surface area contributed by atoms with E-state index in [0.29, 0.717) is 18.4 Å². The lowest BCUT2D eigenvalue weighted by Crippen LogP contribution is -2.24. The average Bonchev–Trinajstić information content (AvgIpc) is 3.22. The highest BCUT2D eigenvalue weighted by Crippen LogP contribution is 2.37. The number of ether oxygens (including phenoxy) is 1. The summed E-state index contributed by atoms with van der Waals surface area (Å²) in [4.78, 5) is 10.7. The van der Waals surface area contributed by atoms with Gasteiger partial charge in [0.25, 0.3) is 0 Å². The van der Waals surface area contributed by atoms with Crippen molar-refractivity contribution in [3.05, 3.63) is 66.4 Å². The van der Waals surface area contributed by atoms with E-state index in [2.05, 4.69) is 71.6 Å². The summed E-state index contributed by atoms with van der Waals surface area (Å²) in [7, 11) is 0. The van der Waals surface area contributed by atoms with Crippen molar-refractivity contribution in [1.29, 1.82) is 0 Å². The Balaban J connectivity index is 1.57. The number of nitrogens with zero attached hydrogens (tertiary/aromatic N) is 2. The molecular weight excluding hydrogens is 444 g/mol. The molecule has 1 aliphatic rings. The Morgan fingerprint density at radius 1 is 1.00 bits per heavy atom. The van der Waals surface area contributed by atoms with Gasteiger partial charge in [0.05, 0.1) is 6.61 Å². The van der Waals surface area contributed by atoms with Crippen LogP contribution >= 0.6 is 11.8 Å². The Labute approximate surface area is 206 Å². The molecule has 1 heterocycles. The lowest BCUT2D eigenvalue weighted by molar-refractivity contribution is -0.142. The Morgan fingerprint density at radius 3 is 2.24 bits per heavy atom. The fraction of sp³-hybridized carbons (Fsp3) is 0.429. The van der Waals surface area contributed by atoms with Crippen molar-refractivity contribution in [1.82, 2.24) is 9.78 Å². The number of aliphatic carboxylic acids is 1. The number of hydrogen-bond donors (Lipinski definition) is 1. The van der Waals surface area contributed by atoms with Gasteiger partial charge >= 0.3 is 5.97 Å². The van der Waals surface area contributed by atoms with Gasteiger partial charge in [-0.3, -0.25) is 4.68 Å². The van der Waals surface area contributed by atoms with Crippen molar-refractivity contribution < 1.29 is 14.6 Å². The quantitative estimate of drug-likeness (QED) is 0.364. The van der Waals surface area contributed by atoms with E-state index in [1.54, 1.807) is 0 Å². The number of carboxylic acid groups (broad SMARTS) is 1. The van der Waals surface area contributed by atoms with E-state index in [9.17, 15) is 4.79 Å². The number of hydrogen-bond acceptors (Lipinski definition) is 4. The number of benzene rings is 2. The molecule has 0 aliphatic heterocycles. The summed E-state index contributed by atoms with van der Waals surface area (Å²) >= 11 is 1.87. The van der Waals surface area contributed by atoms with E-state index in [1.807, 2.05) is 11.8 Å². The van der Waals surface area contributed by atoms with Gasteiger partial charge in [-0.25, -0.2) is 4.79 Å². The van der Waals surface area contributed by atoms with Crippen molar-refractivity contribution in [3.8, 4) is 22.4 Å². The molecule has 0 bridgehead atoms. The maximum atomic E-state index is 10.7. The monoisotopic (exact) mass is 478 g/mol. The van der Waals surface area contributed by atoms with E-state index in [-0.39, 0.29) is 6.61 Å². The van der Waals surface area contributed by atoms with Gasteiger partial charge in [-0.1, -0.05) is 60.7 Å². The molecule has 0 amide bonds. The van der Waals surface area contributed by atoms with E-state index in [1.165, 1.54) is 16.8 Å². The van der Waals surface area contributed by atoms with Crippen molar-refractivity contribution in [2.45, 2.75) is 38.6 Å². The molecule has 1 aromatic heterocycles. The smallest absolute Gasteiger partial charge is 0.329 e. The summed E-state index contributed by atoms with van der Waals surface area (Å²) in [6.45, 7) is 1.28. The second kappa shape index (κ2) is 12.2. The first kappa shape index (κ1) is 24.6. The van der Waals surface area contributed by atoms with Crippen LogP contribution in [0.2, 0.25) is 0 Å². The summed E-state index contributed by atoms with van der Waals surface area (Å²) in [5.74, 6) is 1.21. The number of rotatable bonds is 11. The van der Waals surface area contributed by atoms with Crippen molar-refractivity contribution in [2.24, 2.45) is 11.8 Å². The third-order valence-corrected chi connectivity index (χ3v) is 7.30. The van der Waals surface area contributed by atoms with E-state index in [0.717, 1.165) is 55.7 Å². The van der Waals surface area contributed by atoms with Gasteiger partial charge in [0.15, 0.2) is 0 Å². The fourth-order valence-electron chi connectivity index (χ4n) is 4.95. The van der Waals surface area contributed by atoms with Crippen LogP contribution in [0.5, 0.6) is 0 Å². The lowest BCUT2D eigenvalue weighted by atomic mass is 9.82. The maximum Gasteiger partial charge on any atom is 0.329 e. The van der Waals surface area contributed by atoms with Gasteiger partial charge < -0.3 is 9.84 Å². The topological polar surface area (TPSA) is 64.4 Å². The van der Waals surface area contributed by atoms with Crippen LogP contribution in [0.3, 0.4) is 0 Å². The highest BCUT2D eigenvalue weighted by Gasteiger charge is 2.25. The first-order chi connectivity index (χ1) is 16.7. The highest BCUT2D eigenvalue weighted by molar-refractivity contribution is 7.98. The first-order valence-electron chi connectivity index (χ1n) is 12.1. The Bertz CT molecular complexity index is 1040. The molecule has 1 saturated carbocycles. The third kappa shape index (κ3) is 6.30. The highest BCUT2D eigenvalue weighted by atomic mass is 32.2. The third-order valence-electron chi connectivity index (χ3n) is 6.69. The molecule has 4 rings (SSSR count). The largest absolute Gasteiger partial charge is 0.480 e. The summed E-state index contributed by atoms with van der Waals surface area (Å²) in [6.07, 6.45) is 7.58. The van der Waals surface area contributed by atoms with Gasteiger partial charge in [-0.2, -0.15) is 16.9 Å². The molecule has 1 aliphatic carbocycles. The van der Waals surface area contributed by atoms with Crippen molar-refractivity contribution >= 4 is 17.7 Å². The zero-order valence-electron chi connectivity index (χ0n) is 19.9. The van der Waals surface area contributed by atoms with Gasteiger partial charge in [0, 0.05) is 23.4 Å². The minimum atomic E-state index is -0.895. The lowest BCUT2D eigenvalue weighted by Gasteiger charge is -2.28. The standard InChI is InChI=1S/C28H34N2O3S/c1-34-17-16-25-27(23-8-4-2-5-9-23)28(24-10-6-3-7-11-24)29-30(25)18-21-12-14-22(15-13-21)19-33-20-26(31)32/h2-11,21-22H,12-20H2,1H3,(H,31,32)/t21-,22+. The predicted octanol–water partition coefficient (Wildman–Crippen LogP) is 6.03. The number of carbonyl (C=O) groups is 1. The molecule has 0 saturated heterocycles. The molecule has 0 radical (unpaired) electrons. The van der Waals surface area contributed by atoms with Crippen molar-refractivity contribution in [2.75, 3.05) is 25.2 Å². The Kier molecular flexibility index (Phi) is 8.83. The normalized spacial score (nSPS) is 18.1. The van der Waals surface area contributed by atoms with E-state index >= 15 is 0 Å². The average molecular weight is 479 g/mol. The van der Waals surface area contributed by atoms with Crippen LogP contribution in [-0.2, 0) is 22.5 Å². The van der Waals surface area contributed by atoms with Gasteiger partial charge in [0.2, 0.25) is 0 Å². The summed E-state index contributed by atoms with van der Waals surface area (Å²) < 4.78 is 7.63. The van der Waals surface area contributed by atoms with Crippen LogP contribution in [0.15, 0.2) is 60.7 Å². The zero-order chi connectivity index (χ0) is 23.8. The van der Waals surface area contributed by atoms with Crippen LogP contribution in [-0.4, -0.2) is 46.1 Å². The van der Waals surface area contributed by atoms with Gasteiger partial charge in [-0.05, 0) is 61.5 Å².